The molecule has 0 N–H and O–H groups in total. The van der Waals surface area contributed by atoms with Crippen molar-refractivity contribution in [1.29, 1.82) is 0 Å². The van der Waals surface area contributed by atoms with E-state index in [0.717, 1.165) is 18.3 Å². The number of aromatic nitrogens is 3. The molecule has 0 aliphatic carbocycles. The van der Waals surface area contributed by atoms with Crippen molar-refractivity contribution in [3.05, 3.63) is 36.3 Å². The number of alkyl halides is 3. The van der Waals surface area contributed by atoms with Crippen molar-refractivity contribution < 1.29 is 21.6 Å². The van der Waals surface area contributed by atoms with Gasteiger partial charge in [0.25, 0.3) is 0 Å². The molecule has 1 fully saturated rings. The lowest BCUT2D eigenvalue weighted by Gasteiger charge is -2.33. The molecule has 0 amide bonds. The molecule has 0 radical (unpaired) electrons. The predicted molar refractivity (Wildman–Crippen MR) is 97.2 cm³/mol. The second-order valence-electron chi connectivity index (χ2n) is 6.98. The maximum atomic E-state index is 12.9. The standard InChI is InChI=1S/C17H22F3N5O2S/c1-23(16-9-14(3-6-21-16)17(18,19)20)11-13-4-7-25(8-5-13)28(26,27)15-10-22-24(2)12-15/h3,6,9-10,12-13H,4-5,7-8,11H2,1-2H3. The van der Waals surface area contributed by atoms with Crippen LogP contribution in [0.3, 0.4) is 0 Å². The fourth-order valence-electron chi connectivity index (χ4n) is 3.30. The topological polar surface area (TPSA) is 71.3 Å². The van der Waals surface area contributed by atoms with Crippen LogP contribution in [0.25, 0.3) is 0 Å². The van der Waals surface area contributed by atoms with Crippen molar-refractivity contribution >= 4 is 15.8 Å². The van der Waals surface area contributed by atoms with Gasteiger partial charge in [-0.3, -0.25) is 4.68 Å². The van der Waals surface area contributed by atoms with E-state index in [0.29, 0.717) is 32.5 Å². The minimum atomic E-state index is -4.41. The molecule has 2 aromatic heterocycles. The third-order valence-electron chi connectivity index (χ3n) is 4.89. The first-order chi connectivity index (χ1) is 13.1. The van der Waals surface area contributed by atoms with E-state index in [1.54, 1.807) is 19.0 Å². The number of nitrogens with zero attached hydrogens (tertiary/aromatic N) is 5. The Morgan fingerprint density at radius 2 is 1.96 bits per heavy atom. The summed E-state index contributed by atoms with van der Waals surface area (Å²) in [5.41, 5.74) is -0.735. The zero-order valence-electron chi connectivity index (χ0n) is 15.6. The second-order valence-corrected chi connectivity index (χ2v) is 8.92. The van der Waals surface area contributed by atoms with Gasteiger partial charge in [0.2, 0.25) is 10.0 Å². The Kier molecular flexibility index (Phi) is 5.67. The molecule has 1 aliphatic rings. The summed E-state index contributed by atoms with van der Waals surface area (Å²) in [4.78, 5) is 5.88. The van der Waals surface area contributed by atoms with Crippen LogP contribution in [0.4, 0.5) is 19.0 Å². The van der Waals surface area contributed by atoms with Gasteiger partial charge in [-0.05, 0) is 30.9 Å². The van der Waals surface area contributed by atoms with Crippen molar-refractivity contribution in [3.63, 3.8) is 0 Å². The molecule has 0 atom stereocenters. The summed E-state index contributed by atoms with van der Waals surface area (Å²) < 4.78 is 66.7. The number of aryl methyl sites for hydroxylation is 1. The van der Waals surface area contributed by atoms with Crippen LogP contribution < -0.4 is 4.90 Å². The maximum absolute atomic E-state index is 12.9. The van der Waals surface area contributed by atoms with Crippen LogP contribution in [0.2, 0.25) is 0 Å². The maximum Gasteiger partial charge on any atom is 0.416 e. The number of rotatable bonds is 5. The average Bonchev–Trinajstić information content (AvgIpc) is 3.09. The van der Waals surface area contributed by atoms with Crippen LogP contribution in [0, 0.1) is 5.92 Å². The van der Waals surface area contributed by atoms with Gasteiger partial charge < -0.3 is 4.90 Å². The van der Waals surface area contributed by atoms with Crippen molar-refractivity contribution in [3.8, 4) is 0 Å². The highest BCUT2D eigenvalue weighted by molar-refractivity contribution is 7.89. The van der Waals surface area contributed by atoms with Crippen LogP contribution >= 0.6 is 0 Å². The summed E-state index contributed by atoms with van der Waals surface area (Å²) in [6.45, 7) is 1.24. The lowest BCUT2D eigenvalue weighted by atomic mass is 9.97. The summed E-state index contributed by atoms with van der Waals surface area (Å²) in [5, 5.41) is 3.91. The monoisotopic (exact) mass is 417 g/mol. The Bertz CT molecular complexity index is 921. The highest BCUT2D eigenvalue weighted by Crippen LogP contribution is 2.31. The molecular weight excluding hydrogens is 395 g/mol. The number of halogens is 3. The van der Waals surface area contributed by atoms with Gasteiger partial charge in [-0.15, -0.1) is 0 Å². The summed E-state index contributed by atoms with van der Waals surface area (Å²) in [5.74, 6) is 0.418. The lowest BCUT2D eigenvalue weighted by Crippen LogP contribution is -2.41. The number of pyridine rings is 1. The van der Waals surface area contributed by atoms with Gasteiger partial charge in [0.05, 0.1) is 11.8 Å². The molecule has 0 aromatic carbocycles. The van der Waals surface area contributed by atoms with E-state index in [1.165, 1.54) is 21.4 Å². The third kappa shape index (κ3) is 4.46. The molecular formula is C17H22F3N5O2S. The molecule has 3 rings (SSSR count). The van der Waals surface area contributed by atoms with Gasteiger partial charge in [0, 0.05) is 46.1 Å². The highest BCUT2D eigenvalue weighted by Gasteiger charge is 2.32. The van der Waals surface area contributed by atoms with Crippen molar-refractivity contribution in [1.82, 2.24) is 19.1 Å². The number of anilines is 1. The van der Waals surface area contributed by atoms with Gasteiger partial charge >= 0.3 is 6.18 Å². The van der Waals surface area contributed by atoms with Gasteiger partial charge in [-0.25, -0.2) is 13.4 Å². The van der Waals surface area contributed by atoms with Crippen LogP contribution in [-0.2, 0) is 23.2 Å². The Hall–Kier alpha value is -2.14. The summed E-state index contributed by atoms with van der Waals surface area (Å²) >= 11 is 0. The molecule has 1 saturated heterocycles. The van der Waals surface area contributed by atoms with Gasteiger partial charge in [0.15, 0.2) is 0 Å². The largest absolute Gasteiger partial charge is 0.416 e. The van der Waals surface area contributed by atoms with E-state index >= 15 is 0 Å². The third-order valence-corrected chi connectivity index (χ3v) is 6.74. The predicted octanol–water partition coefficient (Wildman–Crippen LogP) is 2.37. The van der Waals surface area contributed by atoms with Gasteiger partial charge in [-0.2, -0.15) is 22.6 Å². The fourth-order valence-corrected chi connectivity index (χ4v) is 4.75. The quantitative estimate of drug-likeness (QED) is 0.747. The van der Waals surface area contributed by atoms with Crippen LogP contribution in [0.1, 0.15) is 18.4 Å². The summed E-state index contributed by atoms with van der Waals surface area (Å²) in [7, 11) is -0.217. The summed E-state index contributed by atoms with van der Waals surface area (Å²) in [6.07, 6.45) is 0.789. The van der Waals surface area contributed by atoms with Crippen molar-refractivity contribution in [2.75, 3.05) is 31.6 Å². The molecule has 1 aliphatic heterocycles. The first-order valence-electron chi connectivity index (χ1n) is 8.80. The molecule has 3 heterocycles. The van der Waals surface area contributed by atoms with E-state index in [-0.39, 0.29) is 16.6 Å². The first kappa shape index (κ1) is 20.6. The Balaban J connectivity index is 1.60. The first-order valence-corrected chi connectivity index (χ1v) is 10.2. The number of sulfonamides is 1. The molecule has 7 nitrogen and oxygen atoms in total. The molecule has 11 heteroatoms. The van der Waals surface area contributed by atoms with E-state index in [9.17, 15) is 21.6 Å². The van der Waals surface area contributed by atoms with Gasteiger partial charge in [0.1, 0.15) is 10.7 Å². The van der Waals surface area contributed by atoms with E-state index in [4.69, 9.17) is 0 Å². The van der Waals surface area contributed by atoms with E-state index in [1.807, 2.05) is 0 Å². The Morgan fingerprint density at radius 1 is 1.29 bits per heavy atom. The van der Waals surface area contributed by atoms with Crippen LogP contribution in [0.5, 0.6) is 0 Å². The molecule has 2 aromatic rings. The smallest absolute Gasteiger partial charge is 0.359 e. The molecule has 0 spiro atoms. The lowest BCUT2D eigenvalue weighted by molar-refractivity contribution is -0.137. The highest BCUT2D eigenvalue weighted by atomic mass is 32.2. The Labute approximate surface area is 161 Å². The molecule has 154 valence electrons. The summed E-state index contributed by atoms with van der Waals surface area (Å²) in [6, 6.07) is 1.97. The number of hydrogen-bond acceptors (Lipinski definition) is 5. The Morgan fingerprint density at radius 3 is 2.54 bits per heavy atom. The normalized spacial score (nSPS) is 17.0. The fraction of sp³-hybridized carbons (Fsp3) is 0.529. The minimum Gasteiger partial charge on any atom is -0.359 e. The van der Waals surface area contributed by atoms with E-state index < -0.39 is 21.8 Å². The van der Waals surface area contributed by atoms with Crippen molar-refractivity contribution in [2.45, 2.75) is 23.9 Å². The molecule has 0 unspecified atom stereocenters. The number of piperidine rings is 1. The molecule has 0 saturated carbocycles. The molecule has 0 bridgehead atoms. The average molecular weight is 417 g/mol. The van der Waals surface area contributed by atoms with Gasteiger partial charge in [-0.1, -0.05) is 0 Å². The van der Waals surface area contributed by atoms with E-state index in [2.05, 4.69) is 10.1 Å². The molecule has 28 heavy (non-hydrogen) atoms. The van der Waals surface area contributed by atoms with Crippen LogP contribution in [0.15, 0.2) is 35.6 Å². The van der Waals surface area contributed by atoms with Crippen molar-refractivity contribution in [2.24, 2.45) is 13.0 Å². The van der Waals surface area contributed by atoms with Crippen LogP contribution in [-0.4, -0.2) is 54.2 Å². The second kappa shape index (κ2) is 7.70. The zero-order chi connectivity index (χ0) is 20.5. The minimum absolute atomic E-state index is 0.165. The number of hydrogen-bond donors (Lipinski definition) is 0. The SMILES string of the molecule is CN(CC1CCN(S(=O)(=O)c2cnn(C)c2)CC1)c1cc(C(F)(F)F)ccn1. The zero-order valence-corrected chi connectivity index (χ0v) is 16.4.